The molecule has 0 saturated carbocycles. The molecule has 0 radical (unpaired) electrons. The summed E-state index contributed by atoms with van der Waals surface area (Å²) >= 11 is 0. The maximum atomic E-state index is 13.3. The average Bonchev–Trinajstić information content (AvgIpc) is 3.53. The molecule has 3 heterocycles. The van der Waals surface area contributed by atoms with E-state index in [2.05, 4.69) is 34.3 Å². The van der Waals surface area contributed by atoms with Crippen LogP contribution in [0.2, 0.25) is 0 Å². The Hall–Kier alpha value is -3.12. The van der Waals surface area contributed by atoms with E-state index in [0.29, 0.717) is 13.1 Å². The van der Waals surface area contributed by atoms with Crippen LogP contribution in [0.5, 0.6) is 0 Å². The van der Waals surface area contributed by atoms with Gasteiger partial charge in [-0.3, -0.25) is 4.79 Å². The summed E-state index contributed by atoms with van der Waals surface area (Å²) in [5.41, 5.74) is 5.48. The highest BCUT2D eigenvalue weighted by Gasteiger charge is 2.30. The smallest absolute Gasteiger partial charge is 0.233 e. The highest BCUT2D eigenvalue weighted by molar-refractivity contribution is 5.79. The number of anilines is 1. The predicted molar refractivity (Wildman–Crippen MR) is 132 cm³/mol. The van der Waals surface area contributed by atoms with Gasteiger partial charge in [-0.15, -0.1) is 0 Å². The summed E-state index contributed by atoms with van der Waals surface area (Å²) in [4.78, 5) is 17.5. The maximum Gasteiger partial charge on any atom is 0.233 e. The van der Waals surface area contributed by atoms with Gasteiger partial charge in [0.05, 0.1) is 18.2 Å². The van der Waals surface area contributed by atoms with Gasteiger partial charge in [-0.1, -0.05) is 73.6 Å². The largest absolute Gasteiger partial charge is 0.376 e. The Labute approximate surface area is 201 Å². The minimum absolute atomic E-state index is 0.0908. The molecule has 1 fully saturated rings. The molecule has 6 heteroatoms. The number of rotatable bonds is 7. The standard InChI is InChI=1S/C28H33N3O3/c1-20(2)27(32)31(18-24-13-8-16-33-24)19-25-26(22-10-4-3-5-11-22)29-34-28(25)30-15-14-21-9-6-7-12-23(21)17-30/h3-7,9-12,20,24H,8,13-19H2,1-2H3/t24-/m1/s1. The van der Waals surface area contributed by atoms with Crippen molar-refractivity contribution in [3.63, 3.8) is 0 Å². The van der Waals surface area contributed by atoms with Crippen molar-refractivity contribution < 1.29 is 14.1 Å². The van der Waals surface area contributed by atoms with E-state index in [1.165, 1.54) is 11.1 Å². The van der Waals surface area contributed by atoms with Gasteiger partial charge in [0.1, 0.15) is 5.69 Å². The van der Waals surface area contributed by atoms with E-state index < -0.39 is 0 Å². The van der Waals surface area contributed by atoms with Crippen molar-refractivity contribution in [2.24, 2.45) is 5.92 Å². The Morgan fingerprint density at radius 3 is 2.62 bits per heavy atom. The number of aromatic nitrogens is 1. The van der Waals surface area contributed by atoms with Crippen LogP contribution in [0, 0.1) is 5.92 Å². The minimum Gasteiger partial charge on any atom is -0.376 e. The summed E-state index contributed by atoms with van der Waals surface area (Å²) in [7, 11) is 0. The Morgan fingerprint density at radius 2 is 1.88 bits per heavy atom. The van der Waals surface area contributed by atoms with Crippen molar-refractivity contribution >= 4 is 11.8 Å². The third-order valence-corrected chi connectivity index (χ3v) is 6.84. The number of carbonyl (C=O) groups excluding carboxylic acids is 1. The van der Waals surface area contributed by atoms with E-state index in [1.54, 1.807) is 0 Å². The molecule has 0 unspecified atom stereocenters. The number of nitrogens with zero attached hydrogens (tertiary/aromatic N) is 3. The van der Waals surface area contributed by atoms with Crippen LogP contribution in [0.3, 0.4) is 0 Å². The fraction of sp³-hybridized carbons (Fsp3) is 0.429. The van der Waals surface area contributed by atoms with Crippen molar-refractivity contribution in [2.45, 2.75) is 52.3 Å². The molecule has 0 N–H and O–H groups in total. The van der Waals surface area contributed by atoms with Gasteiger partial charge in [0.15, 0.2) is 0 Å². The molecule has 6 nitrogen and oxygen atoms in total. The lowest BCUT2D eigenvalue weighted by atomic mass is 9.99. The molecule has 1 amide bonds. The second kappa shape index (κ2) is 10.0. The van der Waals surface area contributed by atoms with Crippen LogP contribution in [-0.4, -0.2) is 41.8 Å². The van der Waals surface area contributed by atoms with Gasteiger partial charge >= 0.3 is 0 Å². The first-order valence-corrected chi connectivity index (χ1v) is 12.4. The Kier molecular flexibility index (Phi) is 6.68. The van der Waals surface area contributed by atoms with Crippen molar-refractivity contribution in [3.05, 3.63) is 71.3 Å². The molecule has 0 bridgehead atoms. The van der Waals surface area contributed by atoms with Gasteiger partial charge < -0.3 is 19.1 Å². The molecule has 0 spiro atoms. The minimum atomic E-state index is -0.0910. The molecule has 0 aliphatic carbocycles. The van der Waals surface area contributed by atoms with Gasteiger partial charge in [0.25, 0.3) is 0 Å². The molecule has 1 aromatic heterocycles. The zero-order valence-electron chi connectivity index (χ0n) is 20.1. The lowest BCUT2D eigenvalue weighted by molar-refractivity contribution is -0.136. The van der Waals surface area contributed by atoms with Crippen molar-refractivity contribution in [1.29, 1.82) is 0 Å². The third kappa shape index (κ3) is 4.73. The van der Waals surface area contributed by atoms with Crippen LogP contribution in [0.1, 0.15) is 43.4 Å². The summed E-state index contributed by atoms with van der Waals surface area (Å²) in [6.07, 6.45) is 3.09. The first-order valence-electron chi connectivity index (χ1n) is 12.4. The molecular weight excluding hydrogens is 426 g/mol. The summed E-state index contributed by atoms with van der Waals surface area (Å²) in [6, 6.07) is 18.7. The first-order chi connectivity index (χ1) is 16.6. The molecule has 178 valence electrons. The molecular formula is C28H33N3O3. The summed E-state index contributed by atoms with van der Waals surface area (Å²) < 4.78 is 11.9. The van der Waals surface area contributed by atoms with E-state index in [-0.39, 0.29) is 17.9 Å². The monoisotopic (exact) mass is 459 g/mol. The Balaban J connectivity index is 1.50. The van der Waals surface area contributed by atoms with Gasteiger partial charge in [-0.2, -0.15) is 0 Å². The zero-order chi connectivity index (χ0) is 23.5. The van der Waals surface area contributed by atoms with E-state index >= 15 is 0 Å². The van der Waals surface area contributed by atoms with Gasteiger partial charge in [-0.05, 0) is 30.4 Å². The van der Waals surface area contributed by atoms with E-state index in [1.807, 2.05) is 49.1 Å². The van der Waals surface area contributed by atoms with Crippen LogP contribution >= 0.6 is 0 Å². The number of hydrogen-bond donors (Lipinski definition) is 0. The number of hydrogen-bond acceptors (Lipinski definition) is 5. The highest BCUT2D eigenvalue weighted by atomic mass is 16.5. The van der Waals surface area contributed by atoms with Crippen molar-refractivity contribution in [1.82, 2.24) is 10.1 Å². The second-order valence-electron chi connectivity index (χ2n) is 9.63. The SMILES string of the molecule is CC(C)C(=O)N(Cc1c(-c2ccccc2)noc1N1CCc2ccccc2C1)C[C@H]1CCCO1. The fourth-order valence-corrected chi connectivity index (χ4v) is 5.01. The molecule has 5 rings (SSSR count). The number of fused-ring (bicyclic) bond motifs is 1. The third-order valence-electron chi connectivity index (χ3n) is 6.84. The molecule has 34 heavy (non-hydrogen) atoms. The molecule has 1 saturated heterocycles. The van der Waals surface area contributed by atoms with E-state index in [0.717, 1.165) is 61.7 Å². The Bertz CT molecular complexity index is 1120. The average molecular weight is 460 g/mol. The van der Waals surface area contributed by atoms with Crippen molar-refractivity contribution in [2.75, 3.05) is 24.6 Å². The van der Waals surface area contributed by atoms with Gasteiger partial charge in [-0.25, -0.2) is 0 Å². The highest BCUT2D eigenvalue weighted by Crippen LogP contribution is 2.35. The number of amides is 1. The second-order valence-corrected chi connectivity index (χ2v) is 9.63. The molecule has 2 aliphatic rings. The lowest BCUT2D eigenvalue weighted by Gasteiger charge is -2.31. The van der Waals surface area contributed by atoms with Crippen LogP contribution in [0.4, 0.5) is 5.88 Å². The molecule has 2 aromatic carbocycles. The first kappa shape index (κ1) is 22.7. The molecule has 2 aliphatic heterocycles. The lowest BCUT2D eigenvalue weighted by Crippen LogP contribution is -2.39. The number of benzene rings is 2. The van der Waals surface area contributed by atoms with Gasteiger partial charge in [0.2, 0.25) is 11.8 Å². The van der Waals surface area contributed by atoms with Crippen LogP contribution < -0.4 is 4.90 Å². The van der Waals surface area contributed by atoms with Gasteiger partial charge in [0, 0.05) is 37.7 Å². The predicted octanol–water partition coefficient (Wildman–Crippen LogP) is 5.07. The zero-order valence-corrected chi connectivity index (χ0v) is 20.1. The normalized spacial score (nSPS) is 17.7. The van der Waals surface area contributed by atoms with Crippen molar-refractivity contribution in [3.8, 4) is 11.3 Å². The Morgan fingerprint density at radius 1 is 1.12 bits per heavy atom. The summed E-state index contributed by atoms with van der Waals surface area (Å²) in [5, 5.41) is 4.52. The fourth-order valence-electron chi connectivity index (χ4n) is 5.01. The van der Waals surface area contributed by atoms with E-state index in [4.69, 9.17) is 9.26 Å². The maximum absolute atomic E-state index is 13.3. The quantitative estimate of drug-likeness (QED) is 0.494. The van der Waals surface area contributed by atoms with E-state index in [9.17, 15) is 4.79 Å². The topological polar surface area (TPSA) is 58.8 Å². The number of carbonyl (C=O) groups is 1. The molecule has 3 aromatic rings. The summed E-state index contributed by atoms with van der Waals surface area (Å²) in [5.74, 6) is 0.805. The molecule has 1 atom stereocenters. The van der Waals surface area contributed by atoms with Crippen LogP contribution in [0.15, 0.2) is 59.1 Å². The number of ether oxygens (including phenoxy) is 1. The summed E-state index contributed by atoms with van der Waals surface area (Å²) in [6.45, 7) is 7.37. The van der Waals surface area contributed by atoms with Crippen LogP contribution in [-0.2, 0) is 29.0 Å². The van der Waals surface area contributed by atoms with Crippen LogP contribution in [0.25, 0.3) is 11.3 Å².